The van der Waals surface area contributed by atoms with Gasteiger partial charge in [-0.3, -0.25) is 9.88 Å². The maximum absolute atomic E-state index is 4.59. The van der Waals surface area contributed by atoms with Gasteiger partial charge < -0.3 is 10.2 Å². The summed E-state index contributed by atoms with van der Waals surface area (Å²) in [6.45, 7) is 11.7. The Morgan fingerprint density at radius 2 is 1.62 bits per heavy atom. The number of para-hydroxylation sites is 1. The van der Waals surface area contributed by atoms with E-state index in [1.165, 1.54) is 35.1 Å². The van der Waals surface area contributed by atoms with Crippen molar-refractivity contribution in [3.05, 3.63) is 136 Å². The van der Waals surface area contributed by atoms with Crippen LogP contribution in [0, 0.1) is 6.92 Å². The number of aromatic nitrogens is 1. The normalized spacial score (nSPS) is 14.2. The number of benzene rings is 3. The van der Waals surface area contributed by atoms with Gasteiger partial charge in [-0.25, -0.2) is 0 Å². The number of piperidine rings is 1. The fraction of sp³-hybridized carbons (Fsp3) is 0.286. The Balaban J connectivity index is 1.16. The van der Waals surface area contributed by atoms with Gasteiger partial charge in [0.1, 0.15) is 0 Å². The van der Waals surface area contributed by atoms with Gasteiger partial charge in [0.2, 0.25) is 0 Å². The van der Waals surface area contributed by atoms with Crippen LogP contribution in [-0.4, -0.2) is 35.6 Å². The fourth-order valence-electron chi connectivity index (χ4n) is 5.44. The molecule has 0 saturated carbocycles. The zero-order chi connectivity index (χ0) is 27.7. The Hall–Kier alpha value is -3.25. The number of hydrogen-bond donors (Lipinski definition) is 1. The summed E-state index contributed by atoms with van der Waals surface area (Å²) in [6, 6.07) is 32.9. The maximum Gasteiger partial charge on any atom is 0.0871 e. The quantitative estimate of drug-likeness (QED) is 0.193. The monoisotopic (exact) mass is 594 g/mol. The molecule has 1 saturated heterocycles. The largest absolute Gasteiger partial charge is 0.335 e. The van der Waals surface area contributed by atoms with Gasteiger partial charge in [0, 0.05) is 35.5 Å². The summed E-state index contributed by atoms with van der Waals surface area (Å²) < 4.78 is 1.000. The van der Waals surface area contributed by atoms with E-state index in [-0.39, 0.29) is 0 Å². The molecule has 2 heterocycles. The van der Waals surface area contributed by atoms with Gasteiger partial charge in [-0.1, -0.05) is 95.3 Å². The van der Waals surface area contributed by atoms with E-state index in [9.17, 15) is 0 Å². The topological polar surface area (TPSA) is 31.4 Å². The molecule has 1 aliphatic heterocycles. The smallest absolute Gasteiger partial charge is 0.0871 e. The molecular weight excluding hydrogens is 556 g/mol. The molecule has 0 bridgehead atoms. The van der Waals surface area contributed by atoms with Crippen LogP contribution < -0.4 is 10.2 Å². The minimum atomic E-state index is 0.627. The van der Waals surface area contributed by atoms with Gasteiger partial charge >= 0.3 is 0 Å². The molecule has 0 aliphatic carbocycles. The van der Waals surface area contributed by atoms with Crippen LogP contribution >= 0.6 is 15.9 Å². The first kappa shape index (κ1) is 28.3. The molecule has 0 unspecified atom stereocenters. The SMILES string of the molecule is C=C(c1cc(Br)ccn1)N(Cc1ccc(CN2CCC(NCCc3ccccc3)CC2)cc1)c1ccccc1C. The van der Waals surface area contributed by atoms with Crippen LogP contribution in [-0.2, 0) is 19.5 Å². The average Bonchev–Trinajstić information content (AvgIpc) is 2.98. The number of nitrogens with one attached hydrogen (secondary N) is 1. The molecule has 0 spiro atoms. The molecule has 5 rings (SSSR count). The van der Waals surface area contributed by atoms with Crippen molar-refractivity contribution >= 4 is 27.3 Å². The zero-order valence-electron chi connectivity index (χ0n) is 23.4. The third-order valence-electron chi connectivity index (χ3n) is 7.80. The lowest BCUT2D eigenvalue weighted by Gasteiger charge is -2.32. The van der Waals surface area contributed by atoms with Crippen LogP contribution in [0.5, 0.6) is 0 Å². The lowest BCUT2D eigenvalue weighted by Crippen LogP contribution is -2.42. The van der Waals surface area contributed by atoms with Crippen LogP contribution in [0.1, 0.15) is 40.8 Å². The van der Waals surface area contributed by atoms with E-state index in [0.717, 1.165) is 60.7 Å². The molecule has 4 aromatic rings. The molecule has 1 aromatic heterocycles. The van der Waals surface area contributed by atoms with Crippen LogP contribution in [0.2, 0.25) is 0 Å². The summed E-state index contributed by atoms with van der Waals surface area (Å²) in [5.74, 6) is 0. The van der Waals surface area contributed by atoms with E-state index in [0.29, 0.717) is 6.04 Å². The van der Waals surface area contributed by atoms with E-state index in [1.807, 2.05) is 18.3 Å². The first-order valence-corrected chi connectivity index (χ1v) is 15.1. The zero-order valence-corrected chi connectivity index (χ0v) is 25.0. The van der Waals surface area contributed by atoms with E-state index in [2.05, 4.69) is 128 Å². The summed E-state index contributed by atoms with van der Waals surface area (Å²) in [5, 5.41) is 3.78. The third-order valence-corrected chi connectivity index (χ3v) is 8.29. The number of rotatable bonds is 11. The summed E-state index contributed by atoms with van der Waals surface area (Å²) >= 11 is 3.58. The Kier molecular flexibility index (Phi) is 9.82. The van der Waals surface area contributed by atoms with Crippen LogP contribution in [0.4, 0.5) is 5.69 Å². The molecule has 206 valence electrons. The standard InChI is InChI=1S/C35H39BrN4/c1-27-8-6-7-11-35(27)40(28(2)34-24-32(36)17-21-38-34)26-31-14-12-30(13-15-31)25-39-22-18-33(19-23-39)37-20-16-29-9-4-3-5-10-29/h3-15,17,21,24,33,37H,2,16,18-20,22-23,25-26H2,1H3. The van der Waals surface area contributed by atoms with Crippen LogP contribution in [0.15, 0.2) is 108 Å². The molecule has 0 amide bonds. The Bertz CT molecular complexity index is 1380. The highest BCUT2D eigenvalue weighted by atomic mass is 79.9. The van der Waals surface area contributed by atoms with E-state index in [4.69, 9.17) is 0 Å². The Morgan fingerprint density at radius 3 is 2.35 bits per heavy atom. The third kappa shape index (κ3) is 7.69. The second kappa shape index (κ2) is 13.9. The van der Waals surface area contributed by atoms with Crippen LogP contribution in [0.3, 0.4) is 0 Å². The molecule has 3 aromatic carbocycles. The fourth-order valence-corrected chi connectivity index (χ4v) is 5.78. The summed E-state index contributed by atoms with van der Waals surface area (Å²) in [4.78, 5) is 9.45. The highest BCUT2D eigenvalue weighted by Crippen LogP contribution is 2.30. The number of halogens is 1. The minimum absolute atomic E-state index is 0.627. The number of likely N-dealkylation sites (tertiary alicyclic amines) is 1. The average molecular weight is 596 g/mol. The van der Waals surface area contributed by atoms with Crippen molar-refractivity contribution in [1.82, 2.24) is 15.2 Å². The van der Waals surface area contributed by atoms with Crippen molar-refractivity contribution in [2.24, 2.45) is 0 Å². The number of anilines is 1. The highest BCUT2D eigenvalue weighted by molar-refractivity contribution is 9.10. The molecule has 0 atom stereocenters. The molecule has 5 heteroatoms. The van der Waals surface area contributed by atoms with Crippen molar-refractivity contribution in [1.29, 1.82) is 0 Å². The molecule has 4 nitrogen and oxygen atoms in total. The van der Waals surface area contributed by atoms with Crippen molar-refractivity contribution in [3.63, 3.8) is 0 Å². The first-order chi connectivity index (χ1) is 19.5. The van der Waals surface area contributed by atoms with Gasteiger partial charge in [0.15, 0.2) is 0 Å². The van der Waals surface area contributed by atoms with Crippen LogP contribution in [0.25, 0.3) is 5.70 Å². The minimum Gasteiger partial charge on any atom is -0.335 e. The second-order valence-electron chi connectivity index (χ2n) is 10.7. The Labute approximate surface area is 247 Å². The number of hydrogen-bond acceptors (Lipinski definition) is 4. The second-order valence-corrected chi connectivity index (χ2v) is 11.7. The van der Waals surface area contributed by atoms with Gasteiger partial charge in [-0.15, -0.1) is 0 Å². The number of aryl methyl sites for hydroxylation is 1. The van der Waals surface area contributed by atoms with E-state index in [1.54, 1.807) is 0 Å². The van der Waals surface area contributed by atoms with Crippen molar-refractivity contribution < 1.29 is 0 Å². The molecule has 0 radical (unpaired) electrons. The van der Waals surface area contributed by atoms with Crippen molar-refractivity contribution in [2.45, 2.75) is 45.3 Å². The van der Waals surface area contributed by atoms with Gasteiger partial charge in [0.05, 0.1) is 11.4 Å². The van der Waals surface area contributed by atoms with E-state index < -0.39 is 0 Å². The lowest BCUT2D eigenvalue weighted by atomic mass is 10.0. The van der Waals surface area contributed by atoms with E-state index >= 15 is 0 Å². The highest BCUT2D eigenvalue weighted by Gasteiger charge is 2.19. The Morgan fingerprint density at radius 1 is 0.925 bits per heavy atom. The summed E-state index contributed by atoms with van der Waals surface area (Å²) in [7, 11) is 0. The van der Waals surface area contributed by atoms with Crippen molar-refractivity contribution in [2.75, 3.05) is 24.5 Å². The molecule has 40 heavy (non-hydrogen) atoms. The predicted molar refractivity (Wildman–Crippen MR) is 171 cm³/mol. The van der Waals surface area contributed by atoms with Crippen molar-refractivity contribution in [3.8, 4) is 0 Å². The summed E-state index contributed by atoms with van der Waals surface area (Å²) in [6.07, 6.45) is 5.34. The summed E-state index contributed by atoms with van der Waals surface area (Å²) in [5.41, 5.74) is 8.16. The molecule has 1 aliphatic rings. The number of pyridine rings is 1. The van der Waals surface area contributed by atoms with Gasteiger partial charge in [-0.05, 0) is 86.3 Å². The number of nitrogens with zero attached hydrogens (tertiary/aromatic N) is 3. The van der Waals surface area contributed by atoms with Gasteiger partial charge in [-0.2, -0.15) is 0 Å². The predicted octanol–water partition coefficient (Wildman–Crippen LogP) is 7.63. The first-order valence-electron chi connectivity index (χ1n) is 14.3. The molecule has 1 fully saturated rings. The van der Waals surface area contributed by atoms with Gasteiger partial charge in [0.25, 0.3) is 0 Å². The lowest BCUT2D eigenvalue weighted by molar-refractivity contribution is 0.191. The molecule has 1 N–H and O–H groups in total. The molecular formula is C35H39BrN4. The maximum atomic E-state index is 4.59.